The molecule has 20 heavy (non-hydrogen) atoms. The standard InChI is InChI=1S/C15H13F3O2/c1-9(19)12-4-3-11(16)7-15(12)20-8-10-2-5-13(17)14(18)6-10/h2-7,9,19H,8H2,1H3/t9-/m1/s1. The third-order valence-electron chi connectivity index (χ3n) is 2.80. The number of aliphatic hydroxyl groups is 1. The largest absolute Gasteiger partial charge is 0.488 e. The molecule has 2 nitrogen and oxygen atoms in total. The van der Waals surface area contributed by atoms with Crippen LogP contribution >= 0.6 is 0 Å². The predicted molar refractivity (Wildman–Crippen MR) is 67.7 cm³/mol. The molecular weight excluding hydrogens is 269 g/mol. The van der Waals surface area contributed by atoms with Crippen molar-refractivity contribution in [3.05, 3.63) is 65.0 Å². The molecule has 1 N–H and O–H groups in total. The highest BCUT2D eigenvalue weighted by atomic mass is 19.2. The Morgan fingerprint density at radius 1 is 1.05 bits per heavy atom. The van der Waals surface area contributed by atoms with E-state index in [1.165, 1.54) is 25.1 Å². The molecule has 0 amide bonds. The summed E-state index contributed by atoms with van der Waals surface area (Å²) in [7, 11) is 0. The fourth-order valence-corrected chi connectivity index (χ4v) is 1.77. The molecule has 0 saturated carbocycles. The second-order valence-electron chi connectivity index (χ2n) is 4.40. The minimum Gasteiger partial charge on any atom is -0.488 e. The van der Waals surface area contributed by atoms with Crippen LogP contribution in [0.4, 0.5) is 13.2 Å². The average Bonchev–Trinajstić information content (AvgIpc) is 2.40. The van der Waals surface area contributed by atoms with Gasteiger partial charge in [-0.2, -0.15) is 0 Å². The normalized spacial score (nSPS) is 12.2. The van der Waals surface area contributed by atoms with Crippen LogP contribution < -0.4 is 4.74 Å². The van der Waals surface area contributed by atoms with E-state index in [-0.39, 0.29) is 12.4 Å². The number of aliphatic hydroxyl groups excluding tert-OH is 1. The summed E-state index contributed by atoms with van der Waals surface area (Å²) >= 11 is 0. The summed E-state index contributed by atoms with van der Waals surface area (Å²) < 4.78 is 44.4. The molecule has 0 fully saturated rings. The molecule has 0 unspecified atom stereocenters. The average molecular weight is 282 g/mol. The minimum atomic E-state index is -0.971. The van der Waals surface area contributed by atoms with E-state index >= 15 is 0 Å². The van der Waals surface area contributed by atoms with Crippen LogP contribution in [0.25, 0.3) is 0 Å². The fraction of sp³-hybridized carbons (Fsp3) is 0.200. The number of hydrogen-bond acceptors (Lipinski definition) is 2. The van der Waals surface area contributed by atoms with Gasteiger partial charge >= 0.3 is 0 Å². The van der Waals surface area contributed by atoms with E-state index in [1.54, 1.807) is 0 Å². The maximum absolute atomic E-state index is 13.2. The van der Waals surface area contributed by atoms with E-state index in [1.807, 2.05) is 0 Å². The third kappa shape index (κ3) is 3.30. The lowest BCUT2D eigenvalue weighted by Crippen LogP contribution is -2.02. The van der Waals surface area contributed by atoms with E-state index in [9.17, 15) is 18.3 Å². The Morgan fingerprint density at radius 3 is 2.45 bits per heavy atom. The first-order chi connectivity index (χ1) is 9.47. The quantitative estimate of drug-likeness (QED) is 0.925. The van der Waals surface area contributed by atoms with Gasteiger partial charge in [-0.3, -0.25) is 0 Å². The molecule has 5 heteroatoms. The zero-order valence-electron chi connectivity index (χ0n) is 10.7. The first kappa shape index (κ1) is 14.4. The number of benzene rings is 2. The lowest BCUT2D eigenvalue weighted by Gasteiger charge is -2.13. The Kier molecular flexibility index (Phi) is 4.29. The van der Waals surface area contributed by atoms with Gasteiger partial charge in [0.05, 0.1) is 6.10 Å². The van der Waals surface area contributed by atoms with Gasteiger partial charge in [0.25, 0.3) is 0 Å². The monoisotopic (exact) mass is 282 g/mol. The zero-order valence-corrected chi connectivity index (χ0v) is 10.7. The van der Waals surface area contributed by atoms with Crippen molar-refractivity contribution < 1.29 is 23.0 Å². The summed E-state index contributed by atoms with van der Waals surface area (Å²) in [5.74, 6) is -2.25. The summed E-state index contributed by atoms with van der Waals surface area (Å²) in [6.45, 7) is 1.47. The van der Waals surface area contributed by atoms with E-state index in [4.69, 9.17) is 4.74 Å². The summed E-state index contributed by atoms with van der Waals surface area (Å²) in [5.41, 5.74) is 0.832. The molecule has 0 aliphatic heterocycles. The fourth-order valence-electron chi connectivity index (χ4n) is 1.77. The summed E-state index contributed by atoms with van der Waals surface area (Å²) in [6.07, 6.45) is -0.824. The van der Waals surface area contributed by atoms with Gasteiger partial charge < -0.3 is 9.84 Å². The van der Waals surface area contributed by atoms with Crippen molar-refractivity contribution in [2.75, 3.05) is 0 Å². The Balaban J connectivity index is 2.17. The van der Waals surface area contributed by atoms with Gasteiger partial charge in [-0.05, 0) is 36.8 Å². The van der Waals surface area contributed by atoms with Gasteiger partial charge in [0.2, 0.25) is 0 Å². The number of halogens is 3. The zero-order chi connectivity index (χ0) is 14.7. The number of ether oxygens (including phenoxy) is 1. The maximum Gasteiger partial charge on any atom is 0.159 e. The molecule has 2 aromatic carbocycles. The molecule has 0 spiro atoms. The van der Waals surface area contributed by atoms with Crippen LogP contribution in [0.2, 0.25) is 0 Å². The second kappa shape index (κ2) is 5.96. The van der Waals surface area contributed by atoms with Crippen molar-refractivity contribution in [2.45, 2.75) is 19.6 Å². The van der Waals surface area contributed by atoms with Crippen LogP contribution in [-0.2, 0) is 6.61 Å². The molecule has 2 aromatic rings. The highest BCUT2D eigenvalue weighted by Gasteiger charge is 2.11. The van der Waals surface area contributed by atoms with Crippen molar-refractivity contribution in [2.24, 2.45) is 0 Å². The summed E-state index contributed by atoms with van der Waals surface area (Å²) in [5, 5.41) is 9.56. The van der Waals surface area contributed by atoms with Crippen molar-refractivity contribution in [1.82, 2.24) is 0 Å². The van der Waals surface area contributed by atoms with Crippen LogP contribution in [0.5, 0.6) is 5.75 Å². The molecule has 0 aliphatic carbocycles. The maximum atomic E-state index is 13.2. The van der Waals surface area contributed by atoms with Crippen LogP contribution in [-0.4, -0.2) is 5.11 Å². The molecule has 0 heterocycles. The van der Waals surface area contributed by atoms with Crippen LogP contribution in [0, 0.1) is 17.5 Å². The van der Waals surface area contributed by atoms with Crippen LogP contribution in [0.3, 0.4) is 0 Å². The lowest BCUT2D eigenvalue weighted by molar-refractivity contribution is 0.189. The Bertz CT molecular complexity index is 612. The Hall–Kier alpha value is -2.01. The van der Waals surface area contributed by atoms with Gasteiger partial charge in [0, 0.05) is 11.6 Å². The smallest absolute Gasteiger partial charge is 0.159 e. The number of rotatable bonds is 4. The van der Waals surface area contributed by atoms with Crippen LogP contribution in [0.15, 0.2) is 36.4 Å². The third-order valence-corrected chi connectivity index (χ3v) is 2.80. The SMILES string of the molecule is C[C@@H](O)c1ccc(F)cc1OCc1ccc(F)c(F)c1. The molecule has 0 saturated heterocycles. The first-order valence-corrected chi connectivity index (χ1v) is 6.01. The molecule has 106 valence electrons. The van der Waals surface area contributed by atoms with Crippen molar-refractivity contribution in [3.8, 4) is 5.75 Å². The van der Waals surface area contributed by atoms with Crippen LogP contribution in [0.1, 0.15) is 24.2 Å². The molecule has 0 aromatic heterocycles. The highest BCUT2D eigenvalue weighted by Crippen LogP contribution is 2.26. The first-order valence-electron chi connectivity index (χ1n) is 6.01. The van der Waals surface area contributed by atoms with Gasteiger partial charge in [0.15, 0.2) is 11.6 Å². The topological polar surface area (TPSA) is 29.5 Å². The molecule has 0 radical (unpaired) electrons. The van der Waals surface area contributed by atoms with Crippen molar-refractivity contribution in [1.29, 1.82) is 0 Å². The lowest BCUT2D eigenvalue weighted by atomic mass is 10.1. The highest BCUT2D eigenvalue weighted by molar-refractivity contribution is 5.35. The molecular formula is C15H13F3O2. The van der Waals surface area contributed by atoms with E-state index < -0.39 is 23.6 Å². The second-order valence-corrected chi connectivity index (χ2v) is 4.40. The van der Waals surface area contributed by atoms with Gasteiger partial charge in [-0.25, -0.2) is 13.2 Å². The van der Waals surface area contributed by atoms with E-state index in [2.05, 4.69) is 0 Å². The van der Waals surface area contributed by atoms with Crippen molar-refractivity contribution >= 4 is 0 Å². The summed E-state index contributed by atoms with van der Waals surface area (Å²) in [4.78, 5) is 0. The minimum absolute atomic E-state index is 0.0552. The molecule has 0 bridgehead atoms. The Labute approximate surface area is 114 Å². The van der Waals surface area contributed by atoms with Gasteiger partial charge in [0.1, 0.15) is 18.2 Å². The molecule has 0 aliphatic rings. The van der Waals surface area contributed by atoms with Crippen molar-refractivity contribution in [3.63, 3.8) is 0 Å². The van der Waals surface area contributed by atoms with E-state index in [0.29, 0.717) is 11.1 Å². The van der Waals surface area contributed by atoms with Gasteiger partial charge in [-0.15, -0.1) is 0 Å². The summed E-state index contributed by atoms with van der Waals surface area (Å²) in [6, 6.07) is 7.15. The molecule has 1 atom stereocenters. The number of hydrogen-bond donors (Lipinski definition) is 1. The van der Waals surface area contributed by atoms with Gasteiger partial charge in [-0.1, -0.05) is 6.07 Å². The molecule has 2 rings (SSSR count). The van der Waals surface area contributed by atoms with E-state index in [0.717, 1.165) is 18.2 Å². The predicted octanol–water partition coefficient (Wildman–Crippen LogP) is 3.74. The Morgan fingerprint density at radius 2 is 1.80 bits per heavy atom.